The summed E-state index contributed by atoms with van der Waals surface area (Å²) in [5.74, 6) is 1.60. The molecule has 0 aliphatic rings. The third kappa shape index (κ3) is 8.29. The molecule has 80 valence electrons. The molecule has 0 saturated heterocycles. The molecule has 1 nitrogen and oxygen atoms in total. The van der Waals surface area contributed by atoms with Crippen LogP contribution in [0.1, 0.15) is 54.4 Å². The summed E-state index contributed by atoms with van der Waals surface area (Å²) in [4.78, 5) is 0. The van der Waals surface area contributed by atoms with Gasteiger partial charge in [0.2, 0.25) is 0 Å². The van der Waals surface area contributed by atoms with Crippen LogP contribution in [0, 0.1) is 11.8 Å². The van der Waals surface area contributed by atoms with E-state index in [4.69, 9.17) is 0 Å². The van der Waals surface area contributed by atoms with Crippen molar-refractivity contribution in [3.63, 3.8) is 0 Å². The maximum atomic E-state index is 3.64. The average Bonchev–Trinajstić information content (AvgIpc) is 1.80. The van der Waals surface area contributed by atoms with Crippen molar-refractivity contribution in [1.29, 1.82) is 0 Å². The van der Waals surface area contributed by atoms with Crippen molar-refractivity contribution in [2.24, 2.45) is 11.8 Å². The van der Waals surface area contributed by atoms with E-state index in [1.807, 2.05) is 0 Å². The zero-order valence-electron chi connectivity index (χ0n) is 10.2. The Hall–Kier alpha value is -0.0400. The van der Waals surface area contributed by atoms with Gasteiger partial charge in [-0.1, -0.05) is 27.7 Å². The first-order valence-corrected chi connectivity index (χ1v) is 5.67. The summed E-state index contributed by atoms with van der Waals surface area (Å²) >= 11 is 0. The van der Waals surface area contributed by atoms with Crippen LogP contribution in [0.3, 0.4) is 0 Å². The fourth-order valence-electron chi connectivity index (χ4n) is 2.04. The lowest BCUT2D eigenvalue weighted by Crippen LogP contribution is -2.36. The molecule has 0 amide bonds. The van der Waals surface area contributed by atoms with Crippen molar-refractivity contribution < 1.29 is 0 Å². The fraction of sp³-hybridized carbons (Fsp3) is 1.00. The predicted molar refractivity (Wildman–Crippen MR) is 61.0 cm³/mol. The predicted octanol–water partition coefficient (Wildman–Crippen LogP) is 3.45. The highest BCUT2D eigenvalue weighted by molar-refractivity contribution is 4.69. The quantitative estimate of drug-likeness (QED) is 0.668. The lowest BCUT2D eigenvalue weighted by atomic mass is 10.0. The number of nitrogens with one attached hydrogen (secondary N) is 1. The van der Waals surface area contributed by atoms with Crippen LogP contribution in [-0.4, -0.2) is 12.1 Å². The van der Waals surface area contributed by atoms with E-state index in [0.717, 1.165) is 11.8 Å². The van der Waals surface area contributed by atoms with E-state index in [1.165, 1.54) is 12.8 Å². The van der Waals surface area contributed by atoms with Gasteiger partial charge in [-0.3, -0.25) is 0 Å². The van der Waals surface area contributed by atoms with Gasteiger partial charge in [0.05, 0.1) is 0 Å². The summed E-state index contributed by atoms with van der Waals surface area (Å²) in [6.07, 6.45) is 2.56. The molecule has 0 heterocycles. The maximum absolute atomic E-state index is 3.64. The van der Waals surface area contributed by atoms with Gasteiger partial charge in [0.25, 0.3) is 0 Å². The molecule has 0 aliphatic heterocycles. The summed E-state index contributed by atoms with van der Waals surface area (Å²) in [6.45, 7) is 13.7. The molecule has 0 spiro atoms. The Bertz CT molecular complexity index is 104. The zero-order chi connectivity index (χ0) is 10.4. The van der Waals surface area contributed by atoms with Crippen LogP contribution >= 0.6 is 0 Å². The average molecular weight is 185 g/mol. The van der Waals surface area contributed by atoms with Crippen LogP contribution in [0.4, 0.5) is 0 Å². The van der Waals surface area contributed by atoms with E-state index in [9.17, 15) is 0 Å². The van der Waals surface area contributed by atoms with Gasteiger partial charge in [-0.25, -0.2) is 0 Å². The summed E-state index contributed by atoms with van der Waals surface area (Å²) in [7, 11) is 0. The van der Waals surface area contributed by atoms with E-state index in [0.29, 0.717) is 12.1 Å². The van der Waals surface area contributed by atoms with Crippen LogP contribution in [0.2, 0.25) is 0 Å². The second-order valence-electron chi connectivity index (χ2n) is 5.23. The monoisotopic (exact) mass is 185 g/mol. The molecule has 2 atom stereocenters. The van der Waals surface area contributed by atoms with E-state index >= 15 is 0 Å². The van der Waals surface area contributed by atoms with Gasteiger partial charge >= 0.3 is 0 Å². The lowest BCUT2D eigenvalue weighted by molar-refractivity contribution is 0.365. The molecule has 0 aromatic carbocycles. The molecular formula is C12H27N. The molecular weight excluding hydrogens is 158 g/mol. The van der Waals surface area contributed by atoms with Crippen molar-refractivity contribution in [2.75, 3.05) is 0 Å². The van der Waals surface area contributed by atoms with E-state index in [2.05, 4.69) is 46.9 Å². The second kappa shape index (κ2) is 6.42. The van der Waals surface area contributed by atoms with Gasteiger partial charge < -0.3 is 5.32 Å². The zero-order valence-corrected chi connectivity index (χ0v) is 10.2. The Labute approximate surface area is 84.3 Å². The molecule has 0 radical (unpaired) electrons. The first-order chi connectivity index (χ1) is 5.91. The third-order valence-corrected chi connectivity index (χ3v) is 2.22. The molecule has 0 saturated carbocycles. The highest BCUT2D eigenvalue weighted by atomic mass is 14.9. The first-order valence-electron chi connectivity index (χ1n) is 5.67. The van der Waals surface area contributed by atoms with Gasteiger partial charge in [-0.2, -0.15) is 0 Å². The molecule has 0 aromatic rings. The van der Waals surface area contributed by atoms with Crippen LogP contribution in [0.5, 0.6) is 0 Å². The maximum Gasteiger partial charge on any atom is 0.00436 e. The molecule has 0 fully saturated rings. The van der Waals surface area contributed by atoms with Gasteiger partial charge in [-0.15, -0.1) is 0 Å². The highest BCUT2D eigenvalue weighted by Crippen LogP contribution is 2.08. The lowest BCUT2D eigenvalue weighted by Gasteiger charge is -2.22. The Morgan fingerprint density at radius 2 is 1.00 bits per heavy atom. The van der Waals surface area contributed by atoms with Crippen molar-refractivity contribution in [1.82, 2.24) is 5.32 Å². The largest absolute Gasteiger partial charge is 0.312 e. The van der Waals surface area contributed by atoms with Crippen LogP contribution in [0.15, 0.2) is 0 Å². The molecule has 0 aliphatic carbocycles. The number of hydrogen-bond acceptors (Lipinski definition) is 1. The van der Waals surface area contributed by atoms with Gasteiger partial charge in [-0.05, 0) is 38.5 Å². The second-order valence-corrected chi connectivity index (χ2v) is 5.23. The first kappa shape index (κ1) is 13.0. The molecule has 0 bridgehead atoms. The number of rotatable bonds is 6. The Morgan fingerprint density at radius 1 is 0.692 bits per heavy atom. The van der Waals surface area contributed by atoms with Crippen molar-refractivity contribution in [3.8, 4) is 0 Å². The highest BCUT2D eigenvalue weighted by Gasteiger charge is 2.09. The standard InChI is InChI=1S/C12H27N/c1-9(2)7-11(5)13-12(6)8-10(3)4/h9-13H,7-8H2,1-6H3. The van der Waals surface area contributed by atoms with E-state index in [1.54, 1.807) is 0 Å². The minimum absolute atomic E-state index is 0.661. The molecule has 0 aromatic heterocycles. The molecule has 2 unspecified atom stereocenters. The topological polar surface area (TPSA) is 12.0 Å². The summed E-state index contributed by atoms with van der Waals surface area (Å²) in [5, 5.41) is 3.64. The molecule has 1 heteroatoms. The summed E-state index contributed by atoms with van der Waals surface area (Å²) in [5.41, 5.74) is 0. The SMILES string of the molecule is CC(C)CC(C)NC(C)CC(C)C. The Balaban J connectivity index is 3.58. The molecule has 0 rings (SSSR count). The normalized spacial score (nSPS) is 16.6. The van der Waals surface area contributed by atoms with Gasteiger partial charge in [0.1, 0.15) is 0 Å². The third-order valence-electron chi connectivity index (χ3n) is 2.22. The molecule has 13 heavy (non-hydrogen) atoms. The fourth-order valence-corrected chi connectivity index (χ4v) is 2.04. The number of hydrogen-bond donors (Lipinski definition) is 1. The van der Waals surface area contributed by atoms with Crippen molar-refractivity contribution in [3.05, 3.63) is 0 Å². The smallest absolute Gasteiger partial charge is 0.00436 e. The van der Waals surface area contributed by atoms with Gasteiger partial charge in [0, 0.05) is 12.1 Å². The summed E-state index contributed by atoms with van der Waals surface area (Å²) < 4.78 is 0. The van der Waals surface area contributed by atoms with Crippen LogP contribution < -0.4 is 5.32 Å². The van der Waals surface area contributed by atoms with Crippen molar-refractivity contribution >= 4 is 0 Å². The summed E-state index contributed by atoms with van der Waals surface area (Å²) in [6, 6.07) is 1.32. The Kier molecular flexibility index (Phi) is 6.40. The minimum atomic E-state index is 0.661. The minimum Gasteiger partial charge on any atom is -0.312 e. The van der Waals surface area contributed by atoms with Crippen molar-refractivity contribution in [2.45, 2.75) is 66.5 Å². The van der Waals surface area contributed by atoms with Crippen LogP contribution in [-0.2, 0) is 0 Å². The van der Waals surface area contributed by atoms with Crippen LogP contribution in [0.25, 0.3) is 0 Å². The van der Waals surface area contributed by atoms with Gasteiger partial charge in [0.15, 0.2) is 0 Å². The van der Waals surface area contributed by atoms with E-state index in [-0.39, 0.29) is 0 Å². The Morgan fingerprint density at radius 3 is 1.23 bits per heavy atom. The molecule has 1 N–H and O–H groups in total. The van der Waals surface area contributed by atoms with E-state index < -0.39 is 0 Å².